The molecule has 8 nitrogen and oxygen atoms in total. The van der Waals surface area contributed by atoms with E-state index in [2.05, 4.69) is 10.6 Å². The Morgan fingerprint density at radius 3 is 2.52 bits per heavy atom. The number of hydrogen-bond acceptors (Lipinski definition) is 4. The zero-order chi connectivity index (χ0) is 21.4. The Morgan fingerprint density at radius 1 is 1.24 bits per heavy atom. The van der Waals surface area contributed by atoms with Gasteiger partial charge in [0.2, 0.25) is 5.91 Å². The molecule has 0 radical (unpaired) electrons. The number of para-hydroxylation sites is 1. The Labute approximate surface area is 175 Å². The van der Waals surface area contributed by atoms with Crippen molar-refractivity contribution in [3.8, 4) is 0 Å². The monoisotopic (exact) mass is 424 g/mol. The normalized spacial score (nSPS) is 13.9. The number of amides is 4. The van der Waals surface area contributed by atoms with Gasteiger partial charge in [-0.1, -0.05) is 44.0 Å². The minimum atomic E-state index is -0.618. The molecule has 1 aliphatic rings. The Balaban J connectivity index is 1.87. The predicted molar refractivity (Wildman–Crippen MR) is 111 cm³/mol. The van der Waals surface area contributed by atoms with E-state index in [1.54, 1.807) is 29.7 Å². The third-order valence-electron chi connectivity index (χ3n) is 4.99. The van der Waals surface area contributed by atoms with Crippen molar-refractivity contribution >= 4 is 35.1 Å². The van der Waals surface area contributed by atoms with Gasteiger partial charge in [0.25, 0.3) is 5.91 Å². The van der Waals surface area contributed by atoms with Crippen LogP contribution in [0.3, 0.4) is 0 Å². The fraction of sp³-hybridized carbons (Fsp3) is 0.550. The lowest BCUT2D eigenvalue weighted by molar-refractivity contribution is -0.141. The minimum Gasteiger partial charge on any atom is -0.337 e. The first-order chi connectivity index (χ1) is 13.7. The van der Waals surface area contributed by atoms with Crippen LogP contribution in [-0.4, -0.2) is 47.6 Å². The van der Waals surface area contributed by atoms with Crippen LogP contribution in [0.5, 0.6) is 0 Å². The van der Waals surface area contributed by atoms with Crippen molar-refractivity contribution in [3.63, 3.8) is 0 Å². The lowest BCUT2D eigenvalue weighted by atomic mass is 9.84. The Bertz CT molecular complexity index is 737. The molecule has 29 heavy (non-hydrogen) atoms. The van der Waals surface area contributed by atoms with Gasteiger partial charge in [0, 0.05) is 19.5 Å². The number of nitrogens with one attached hydrogen (secondary N) is 3. The zero-order valence-electron chi connectivity index (χ0n) is 16.8. The standard InChI is InChI=1S/C20H29ClN4O4/c1-20(2,13-22-19(28)23-16-9-4-3-8-15(16)21)10-18(27)25(12-17(26)24-29)11-14-6-5-7-14/h3-4,8-9,14,29H,5-7,10-13H2,1-2H3,(H,24,26)(H2,22,23,28). The van der Waals surface area contributed by atoms with Crippen LogP contribution >= 0.6 is 11.6 Å². The fourth-order valence-electron chi connectivity index (χ4n) is 3.08. The summed E-state index contributed by atoms with van der Waals surface area (Å²) in [6.07, 6.45) is 3.37. The summed E-state index contributed by atoms with van der Waals surface area (Å²) in [6, 6.07) is 6.50. The maximum atomic E-state index is 12.8. The highest BCUT2D eigenvalue weighted by Gasteiger charge is 2.29. The summed E-state index contributed by atoms with van der Waals surface area (Å²) in [5.74, 6) is -0.403. The van der Waals surface area contributed by atoms with Crippen LogP contribution in [-0.2, 0) is 9.59 Å². The minimum absolute atomic E-state index is 0.158. The summed E-state index contributed by atoms with van der Waals surface area (Å²) < 4.78 is 0. The van der Waals surface area contributed by atoms with Crippen LogP contribution < -0.4 is 16.1 Å². The maximum Gasteiger partial charge on any atom is 0.319 e. The first-order valence-electron chi connectivity index (χ1n) is 9.70. The fourth-order valence-corrected chi connectivity index (χ4v) is 3.27. The van der Waals surface area contributed by atoms with Crippen LogP contribution in [0.4, 0.5) is 10.5 Å². The molecule has 0 aliphatic heterocycles. The summed E-state index contributed by atoms with van der Waals surface area (Å²) in [6.45, 7) is 4.33. The molecule has 1 saturated carbocycles. The number of urea groups is 1. The summed E-state index contributed by atoms with van der Waals surface area (Å²) in [4.78, 5) is 38.0. The van der Waals surface area contributed by atoms with Crippen molar-refractivity contribution in [2.75, 3.05) is 25.0 Å². The van der Waals surface area contributed by atoms with Gasteiger partial charge in [-0.25, -0.2) is 10.3 Å². The number of anilines is 1. The van der Waals surface area contributed by atoms with Gasteiger partial charge in [-0.3, -0.25) is 14.8 Å². The highest BCUT2D eigenvalue weighted by atomic mass is 35.5. The molecule has 1 aromatic rings. The number of nitrogens with zero attached hydrogens (tertiary/aromatic N) is 1. The van der Waals surface area contributed by atoms with E-state index in [0.29, 0.717) is 23.2 Å². The van der Waals surface area contributed by atoms with E-state index in [4.69, 9.17) is 16.8 Å². The molecular formula is C20H29ClN4O4. The molecular weight excluding hydrogens is 396 g/mol. The van der Waals surface area contributed by atoms with Gasteiger partial charge in [0.1, 0.15) is 6.54 Å². The molecule has 1 fully saturated rings. The molecule has 2 rings (SSSR count). The molecule has 9 heteroatoms. The molecule has 1 aromatic carbocycles. The number of carbonyl (C=O) groups excluding carboxylic acids is 3. The molecule has 0 spiro atoms. The van der Waals surface area contributed by atoms with Crippen molar-refractivity contribution in [2.45, 2.75) is 39.5 Å². The largest absolute Gasteiger partial charge is 0.337 e. The van der Waals surface area contributed by atoms with E-state index < -0.39 is 17.4 Å². The SMILES string of the molecule is CC(C)(CNC(=O)Nc1ccccc1Cl)CC(=O)N(CC(=O)NO)CC1CCC1. The average molecular weight is 425 g/mol. The molecule has 0 saturated heterocycles. The topological polar surface area (TPSA) is 111 Å². The molecule has 0 heterocycles. The van der Waals surface area contributed by atoms with Gasteiger partial charge < -0.3 is 15.5 Å². The molecule has 0 atom stereocenters. The summed E-state index contributed by atoms with van der Waals surface area (Å²) >= 11 is 6.03. The third-order valence-corrected chi connectivity index (χ3v) is 5.32. The number of benzene rings is 1. The lowest BCUT2D eigenvalue weighted by Gasteiger charge is -2.34. The summed E-state index contributed by atoms with van der Waals surface area (Å²) in [7, 11) is 0. The van der Waals surface area contributed by atoms with E-state index in [1.165, 1.54) is 4.90 Å². The van der Waals surface area contributed by atoms with E-state index in [0.717, 1.165) is 19.3 Å². The van der Waals surface area contributed by atoms with Crippen LogP contribution in [0, 0.1) is 11.3 Å². The molecule has 0 bridgehead atoms. The maximum absolute atomic E-state index is 12.8. The quantitative estimate of drug-likeness (QED) is 0.360. The smallest absolute Gasteiger partial charge is 0.319 e. The second-order valence-corrected chi connectivity index (χ2v) is 8.64. The number of carbonyl (C=O) groups is 3. The number of hydrogen-bond donors (Lipinski definition) is 4. The van der Waals surface area contributed by atoms with Crippen molar-refractivity contribution in [3.05, 3.63) is 29.3 Å². The van der Waals surface area contributed by atoms with Gasteiger partial charge in [0.15, 0.2) is 0 Å². The van der Waals surface area contributed by atoms with Crippen LogP contribution in [0.25, 0.3) is 0 Å². The first kappa shape index (κ1) is 23.0. The molecule has 0 aromatic heterocycles. The van der Waals surface area contributed by atoms with E-state index in [1.807, 2.05) is 13.8 Å². The van der Waals surface area contributed by atoms with Crippen LogP contribution in [0.2, 0.25) is 5.02 Å². The third kappa shape index (κ3) is 7.55. The number of hydroxylamine groups is 1. The Morgan fingerprint density at radius 2 is 1.93 bits per heavy atom. The van der Waals surface area contributed by atoms with Gasteiger partial charge in [-0.15, -0.1) is 0 Å². The van der Waals surface area contributed by atoms with E-state index in [9.17, 15) is 14.4 Å². The second-order valence-electron chi connectivity index (χ2n) is 8.23. The number of halogens is 1. The van der Waals surface area contributed by atoms with Crippen molar-refractivity contribution in [2.24, 2.45) is 11.3 Å². The van der Waals surface area contributed by atoms with Gasteiger partial charge >= 0.3 is 6.03 Å². The van der Waals surface area contributed by atoms with Crippen LogP contribution in [0.1, 0.15) is 39.5 Å². The van der Waals surface area contributed by atoms with Crippen LogP contribution in [0.15, 0.2) is 24.3 Å². The van der Waals surface area contributed by atoms with Gasteiger partial charge in [-0.2, -0.15) is 0 Å². The molecule has 4 amide bonds. The average Bonchev–Trinajstić information content (AvgIpc) is 2.63. The van der Waals surface area contributed by atoms with Crippen molar-refractivity contribution in [1.82, 2.24) is 15.7 Å². The Kier molecular flexibility index (Phi) is 8.28. The predicted octanol–water partition coefficient (Wildman–Crippen LogP) is 3.01. The first-order valence-corrected chi connectivity index (χ1v) is 10.1. The van der Waals surface area contributed by atoms with E-state index in [-0.39, 0.29) is 25.4 Å². The van der Waals surface area contributed by atoms with Gasteiger partial charge in [0.05, 0.1) is 10.7 Å². The van der Waals surface area contributed by atoms with Crippen molar-refractivity contribution < 1.29 is 19.6 Å². The molecule has 1 aliphatic carbocycles. The van der Waals surface area contributed by atoms with E-state index >= 15 is 0 Å². The zero-order valence-corrected chi connectivity index (χ0v) is 17.6. The summed E-state index contributed by atoms with van der Waals surface area (Å²) in [5.41, 5.74) is 1.56. The number of rotatable bonds is 9. The van der Waals surface area contributed by atoms with Gasteiger partial charge in [-0.05, 0) is 36.3 Å². The summed E-state index contributed by atoms with van der Waals surface area (Å²) in [5, 5.41) is 14.7. The lowest BCUT2D eigenvalue weighted by Crippen LogP contribution is -2.46. The molecule has 160 valence electrons. The Hall–Kier alpha value is -2.32. The molecule has 4 N–H and O–H groups in total. The molecule has 0 unspecified atom stereocenters. The highest BCUT2D eigenvalue weighted by molar-refractivity contribution is 6.33. The van der Waals surface area contributed by atoms with Crippen molar-refractivity contribution in [1.29, 1.82) is 0 Å². The highest BCUT2D eigenvalue weighted by Crippen LogP contribution is 2.28. The second kappa shape index (κ2) is 10.5.